The number of hydrogen-bond acceptors (Lipinski definition) is 4. The van der Waals surface area contributed by atoms with E-state index in [1.165, 1.54) is 7.11 Å². The molecule has 1 heterocycles. The molecule has 1 aromatic heterocycles. The standard InChI is InChI=1S/C12H19NO3S/c1-8(2)11(10-5-4-6-17-10)13-9(7-16-3)12(14)15/h4-6,8-9,11,13H,7H2,1-3H3,(H,14,15). The van der Waals surface area contributed by atoms with Gasteiger partial charge in [-0.05, 0) is 17.4 Å². The molecule has 4 nitrogen and oxygen atoms in total. The third-order valence-corrected chi connectivity index (χ3v) is 3.48. The van der Waals surface area contributed by atoms with E-state index in [1.54, 1.807) is 11.3 Å². The van der Waals surface area contributed by atoms with Crippen LogP contribution in [0.2, 0.25) is 0 Å². The van der Waals surface area contributed by atoms with Crippen LogP contribution in [0.15, 0.2) is 17.5 Å². The molecular formula is C12H19NO3S. The van der Waals surface area contributed by atoms with Gasteiger partial charge >= 0.3 is 5.97 Å². The number of rotatable bonds is 7. The molecule has 0 saturated heterocycles. The summed E-state index contributed by atoms with van der Waals surface area (Å²) in [6, 6.07) is 3.37. The molecule has 0 aliphatic heterocycles. The van der Waals surface area contributed by atoms with Crippen LogP contribution in [0.4, 0.5) is 0 Å². The third-order valence-electron chi connectivity index (χ3n) is 2.53. The molecule has 0 spiro atoms. The summed E-state index contributed by atoms with van der Waals surface area (Å²) in [6.07, 6.45) is 0. The molecule has 0 aliphatic rings. The quantitative estimate of drug-likeness (QED) is 0.785. The Hall–Kier alpha value is -0.910. The highest BCUT2D eigenvalue weighted by Gasteiger charge is 2.24. The first-order valence-corrected chi connectivity index (χ1v) is 6.45. The molecule has 5 heteroatoms. The molecule has 1 rings (SSSR count). The number of methoxy groups -OCH3 is 1. The summed E-state index contributed by atoms with van der Waals surface area (Å²) in [6.45, 7) is 4.32. The zero-order valence-corrected chi connectivity index (χ0v) is 11.2. The van der Waals surface area contributed by atoms with Crippen LogP contribution >= 0.6 is 11.3 Å². The second-order valence-electron chi connectivity index (χ2n) is 4.25. The number of aliphatic carboxylic acids is 1. The molecule has 0 aromatic carbocycles. The van der Waals surface area contributed by atoms with E-state index in [-0.39, 0.29) is 12.6 Å². The highest BCUT2D eigenvalue weighted by atomic mass is 32.1. The average molecular weight is 257 g/mol. The summed E-state index contributed by atoms with van der Waals surface area (Å²) in [7, 11) is 1.51. The number of thiophene rings is 1. The number of carboxylic acids is 1. The maximum atomic E-state index is 11.1. The molecule has 2 N–H and O–H groups in total. The Labute approximate surface area is 106 Å². The van der Waals surface area contributed by atoms with Crippen molar-refractivity contribution in [3.8, 4) is 0 Å². The van der Waals surface area contributed by atoms with E-state index in [1.807, 2.05) is 17.5 Å². The Balaban J connectivity index is 2.75. The van der Waals surface area contributed by atoms with Gasteiger partial charge in [0.15, 0.2) is 0 Å². The van der Waals surface area contributed by atoms with Gasteiger partial charge in [-0.25, -0.2) is 0 Å². The smallest absolute Gasteiger partial charge is 0.323 e. The minimum atomic E-state index is -0.881. The Morgan fingerprint density at radius 1 is 1.59 bits per heavy atom. The van der Waals surface area contributed by atoms with Crippen LogP contribution in [0.1, 0.15) is 24.8 Å². The Bertz CT molecular complexity index is 338. The zero-order valence-electron chi connectivity index (χ0n) is 10.3. The summed E-state index contributed by atoms with van der Waals surface area (Å²) < 4.78 is 4.92. The van der Waals surface area contributed by atoms with Gasteiger partial charge in [-0.2, -0.15) is 0 Å². The SMILES string of the molecule is COCC(NC(c1cccs1)C(C)C)C(=O)O. The maximum Gasteiger partial charge on any atom is 0.323 e. The molecule has 1 aromatic rings. The van der Waals surface area contributed by atoms with Gasteiger partial charge in [0.2, 0.25) is 0 Å². The zero-order chi connectivity index (χ0) is 12.8. The highest BCUT2D eigenvalue weighted by Crippen LogP contribution is 2.26. The van der Waals surface area contributed by atoms with Crippen molar-refractivity contribution in [3.63, 3.8) is 0 Å². The van der Waals surface area contributed by atoms with E-state index in [9.17, 15) is 4.79 Å². The summed E-state index contributed by atoms with van der Waals surface area (Å²) in [5, 5.41) is 14.2. The predicted octanol–water partition coefficient (Wildman–Crippen LogP) is 2.13. The summed E-state index contributed by atoms with van der Waals surface area (Å²) in [4.78, 5) is 12.2. The van der Waals surface area contributed by atoms with Crippen LogP contribution in [-0.4, -0.2) is 30.8 Å². The van der Waals surface area contributed by atoms with Gasteiger partial charge in [0, 0.05) is 18.0 Å². The topological polar surface area (TPSA) is 58.6 Å². The lowest BCUT2D eigenvalue weighted by Gasteiger charge is -2.25. The van der Waals surface area contributed by atoms with E-state index in [0.29, 0.717) is 5.92 Å². The van der Waals surface area contributed by atoms with E-state index >= 15 is 0 Å². The molecule has 17 heavy (non-hydrogen) atoms. The fourth-order valence-electron chi connectivity index (χ4n) is 1.65. The van der Waals surface area contributed by atoms with Crippen molar-refractivity contribution >= 4 is 17.3 Å². The maximum absolute atomic E-state index is 11.1. The largest absolute Gasteiger partial charge is 0.480 e. The Morgan fingerprint density at radius 2 is 2.29 bits per heavy atom. The highest BCUT2D eigenvalue weighted by molar-refractivity contribution is 7.10. The van der Waals surface area contributed by atoms with Crippen molar-refractivity contribution in [2.24, 2.45) is 5.92 Å². The van der Waals surface area contributed by atoms with E-state index in [0.717, 1.165) is 4.88 Å². The molecule has 0 bridgehead atoms. The Kier molecular flexibility index (Phi) is 5.61. The van der Waals surface area contributed by atoms with Crippen molar-refractivity contribution in [1.82, 2.24) is 5.32 Å². The summed E-state index contributed by atoms with van der Waals surface area (Å²) >= 11 is 1.63. The molecule has 0 fully saturated rings. The van der Waals surface area contributed by atoms with Crippen molar-refractivity contribution in [2.45, 2.75) is 25.9 Å². The molecule has 2 atom stereocenters. The van der Waals surface area contributed by atoms with Crippen LogP contribution < -0.4 is 5.32 Å². The van der Waals surface area contributed by atoms with Crippen LogP contribution in [0.3, 0.4) is 0 Å². The van der Waals surface area contributed by atoms with Crippen molar-refractivity contribution in [1.29, 1.82) is 0 Å². The fraction of sp³-hybridized carbons (Fsp3) is 0.583. The lowest BCUT2D eigenvalue weighted by atomic mass is 10.0. The second kappa shape index (κ2) is 6.74. The number of carboxylic acid groups (broad SMARTS) is 1. The van der Waals surface area contributed by atoms with Gasteiger partial charge in [0.05, 0.1) is 6.61 Å². The van der Waals surface area contributed by atoms with Gasteiger partial charge in [-0.3, -0.25) is 10.1 Å². The summed E-state index contributed by atoms with van der Waals surface area (Å²) in [5.41, 5.74) is 0. The van der Waals surface area contributed by atoms with E-state index < -0.39 is 12.0 Å². The lowest BCUT2D eigenvalue weighted by molar-refractivity contribution is -0.141. The third kappa shape index (κ3) is 4.11. The van der Waals surface area contributed by atoms with Crippen LogP contribution in [-0.2, 0) is 9.53 Å². The van der Waals surface area contributed by atoms with Gasteiger partial charge in [0.25, 0.3) is 0 Å². The minimum Gasteiger partial charge on any atom is -0.480 e. The average Bonchev–Trinajstić information content (AvgIpc) is 2.76. The normalized spacial score (nSPS) is 14.8. The molecular weight excluding hydrogens is 238 g/mol. The van der Waals surface area contributed by atoms with Crippen molar-refractivity contribution < 1.29 is 14.6 Å². The van der Waals surface area contributed by atoms with E-state index in [2.05, 4.69) is 19.2 Å². The van der Waals surface area contributed by atoms with Gasteiger partial charge in [-0.1, -0.05) is 19.9 Å². The summed E-state index contributed by atoms with van der Waals surface area (Å²) in [5.74, 6) is -0.554. The first-order chi connectivity index (χ1) is 8.06. The number of hydrogen-bond donors (Lipinski definition) is 2. The number of ether oxygens (including phenoxy) is 1. The molecule has 96 valence electrons. The number of nitrogens with one attached hydrogen (secondary N) is 1. The molecule has 0 saturated carbocycles. The van der Waals surface area contributed by atoms with Gasteiger partial charge in [-0.15, -0.1) is 11.3 Å². The first kappa shape index (κ1) is 14.2. The fourth-order valence-corrected chi connectivity index (χ4v) is 2.60. The first-order valence-electron chi connectivity index (χ1n) is 5.57. The van der Waals surface area contributed by atoms with Crippen molar-refractivity contribution in [3.05, 3.63) is 22.4 Å². The van der Waals surface area contributed by atoms with Crippen molar-refractivity contribution in [2.75, 3.05) is 13.7 Å². The van der Waals surface area contributed by atoms with E-state index in [4.69, 9.17) is 9.84 Å². The second-order valence-corrected chi connectivity index (χ2v) is 5.23. The molecule has 0 amide bonds. The predicted molar refractivity (Wildman–Crippen MR) is 68.3 cm³/mol. The molecule has 0 radical (unpaired) electrons. The molecule has 0 aliphatic carbocycles. The molecule has 2 unspecified atom stereocenters. The van der Waals surface area contributed by atoms with Crippen LogP contribution in [0, 0.1) is 5.92 Å². The minimum absolute atomic E-state index is 0.0475. The van der Waals surface area contributed by atoms with Gasteiger partial charge < -0.3 is 9.84 Å². The number of carbonyl (C=O) groups is 1. The van der Waals surface area contributed by atoms with Crippen LogP contribution in [0.5, 0.6) is 0 Å². The van der Waals surface area contributed by atoms with Gasteiger partial charge in [0.1, 0.15) is 6.04 Å². The monoisotopic (exact) mass is 257 g/mol. The van der Waals surface area contributed by atoms with Crippen LogP contribution in [0.25, 0.3) is 0 Å². The Morgan fingerprint density at radius 3 is 2.71 bits per heavy atom. The lowest BCUT2D eigenvalue weighted by Crippen LogP contribution is -2.43.